The molecule has 1 aliphatic carbocycles. The number of piperazine rings is 1. The number of aromatic nitrogens is 1. The minimum atomic E-state index is -3.46. The van der Waals surface area contributed by atoms with Crippen LogP contribution >= 0.6 is 0 Å². The zero-order valence-corrected chi connectivity index (χ0v) is 19.0. The van der Waals surface area contributed by atoms with Gasteiger partial charge in [0.2, 0.25) is 10.0 Å². The highest BCUT2D eigenvalue weighted by atomic mass is 32.2. The van der Waals surface area contributed by atoms with Crippen LogP contribution < -0.4 is 5.76 Å². The average molecular weight is 456 g/mol. The zero-order valence-electron chi connectivity index (χ0n) is 18.2. The summed E-state index contributed by atoms with van der Waals surface area (Å²) in [6, 6.07) is 13.1. The molecule has 0 bridgehead atoms. The van der Waals surface area contributed by atoms with Gasteiger partial charge in [0.15, 0.2) is 5.58 Å². The predicted octanol–water partition coefficient (Wildman–Crippen LogP) is 2.87. The van der Waals surface area contributed by atoms with Crippen molar-refractivity contribution < 1.29 is 12.8 Å². The van der Waals surface area contributed by atoms with Gasteiger partial charge in [-0.25, -0.2) is 13.2 Å². The Morgan fingerprint density at radius 1 is 0.875 bits per heavy atom. The Balaban J connectivity index is 1.17. The lowest BCUT2D eigenvalue weighted by Gasteiger charge is -2.34. The third-order valence-electron chi connectivity index (χ3n) is 6.72. The van der Waals surface area contributed by atoms with Crippen molar-refractivity contribution in [2.45, 2.75) is 43.5 Å². The van der Waals surface area contributed by atoms with E-state index in [1.165, 1.54) is 17.5 Å². The van der Waals surface area contributed by atoms with E-state index in [4.69, 9.17) is 4.42 Å². The van der Waals surface area contributed by atoms with Gasteiger partial charge in [-0.3, -0.25) is 4.57 Å². The normalized spacial score (nSPS) is 18.1. The van der Waals surface area contributed by atoms with Crippen LogP contribution in [0.3, 0.4) is 0 Å². The number of fused-ring (bicyclic) bond motifs is 2. The van der Waals surface area contributed by atoms with E-state index in [1.54, 1.807) is 21.0 Å². The number of aryl methyl sites for hydroxylation is 3. The Bertz CT molecular complexity index is 1270. The van der Waals surface area contributed by atoms with Crippen LogP contribution in [0.15, 0.2) is 56.6 Å². The van der Waals surface area contributed by atoms with Gasteiger partial charge in [-0.05, 0) is 74.0 Å². The van der Waals surface area contributed by atoms with Gasteiger partial charge in [-0.2, -0.15) is 4.31 Å². The van der Waals surface area contributed by atoms with E-state index in [2.05, 4.69) is 4.90 Å². The van der Waals surface area contributed by atoms with Gasteiger partial charge in [0.05, 0.1) is 10.4 Å². The summed E-state index contributed by atoms with van der Waals surface area (Å²) in [5.41, 5.74) is 3.92. The number of hydrogen-bond donors (Lipinski definition) is 0. The Kier molecular flexibility index (Phi) is 5.92. The largest absolute Gasteiger partial charge is 0.419 e. The van der Waals surface area contributed by atoms with Crippen LogP contribution in [0, 0.1) is 0 Å². The topological polar surface area (TPSA) is 75.8 Å². The van der Waals surface area contributed by atoms with Crippen LogP contribution in [0.1, 0.15) is 30.4 Å². The molecule has 5 rings (SSSR count). The van der Waals surface area contributed by atoms with Crippen molar-refractivity contribution >= 4 is 21.1 Å². The Labute approximate surface area is 188 Å². The van der Waals surface area contributed by atoms with Crippen molar-refractivity contribution in [2.24, 2.45) is 0 Å². The predicted molar refractivity (Wildman–Crippen MR) is 123 cm³/mol. The summed E-state index contributed by atoms with van der Waals surface area (Å²) in [7, 11) is -3.46. The fourth-order valence-corrected chi connectivity index (χ4v) is 6.36. The van der Waals surface area contributed by atoms with E-state index in [9.17, 15) is 13.2 Å². The number of oxazole rings is 1. The Morgan fingerprint density at radius 3 is 2.44 bits per heavy atom. The number of para-hydroxylation sites is 2. The van der Waals surface area contributed by atoms with Gasteiger partial charge in [0.1, 0.15) is 0 Å². The molecular formula is C24H29N3O4S. The molecule has 0 amide bonds. The molecule has 0 atom stereocenters. The maximum absolute atomic E-state index is 13.2. The van der Waals surface area contributed by atoms with Crippen molar-refractivity contribution in [1.82, 2.24) is 13.8 Å². The standard InChI is InChI=1S/C24H29N3O4S/c28-24-27(22-8-3-4-9-23(22)31-24)13-5-12-25-14-16-26(17-15-25)32(29,30)21-11-10-19-6-1-2-7-20(19)18-21/h3-4,8-11,18H,1-2,5-7,12-17H2. The second-order valence-electron chi connectivity index (χ2n) is 8.72. The van der Waals surface area contributed by atoms with Crippen LogP contribution in [0.5, 0.6) is 0 Å². The second kappa shape index (κ2) is 8.84. The zero-order chi connectivity index (χ0) is 22.1. The van der Waals surface area contributed by atoms with Crippen LogP contribution in [-0.4, -0.2) is 54.9 Å². The van der Waals surface area contributed by atoms with Gasteiger partial charge in [0, 0.05) is 32.7 Å². The highest BCUT2D eigenvalue weighted by Gasteiger charge is 2.29. The quantitative estimate of drug-likeness (QED) is 0.571. The molecule has 7 nitrogen and oxygen atoms in total. The summed E-state index contributed by atoms with van der Waals surface area (Å²) >= 11 is 0. The molecule has 32 heavy (non-hydrogen) atoms. The smallest absolute Gasteiger partial charge is 0.408 e. The fourth-order valence-electron chi connectivity index (χ4n) is 4.89. The molecule has 0 unspecified atom stereocenters. The monoisotopic (exact) mass is 455 g/mol. The first-order valence-electron chi connectivity index (χ1n) is 11.4. The Morgan fingerprint density at radius 2 is 1.62 bits per heavy atom. The summed E-state index contributed by atoms with van der Waals surface area (Å²) in [6.45, 7) is 3.79. The molecule has 0 N–H and O–H groups in total. The van der Waals surface area contributed by atoms with Gasteiger partial charge >= 0.3 is 5.76 Å². The molecule has 1 saturated heterocycles. The van der Waals surface area contributed by atoms with Gasteiger partial charge < -0.3 is 9.32 Å². The van der Waals surface area contributed by atoms with Crippen molar-refractivity contribution in [3.8, 4) is 0 Å². The molecule has 1 aromatic heterocycles. The number of benzene rings is 2. The highest BCUT2D eigenvalue weighted by Crippen LogP contribution is 2.26. The lowest BCUT2D eigenvalue weighted by atomic mass is 9.92. The third kappa shape index (κ3) is 4.14. The van der Waals surface area contributed by atoms with Crippen LogP contribution in [0.25, 0.3) is 11.1 Å². The van der Waals surface area contributed by atoms with Crippen molar-refractivity contribution in [3.05, 3.63) is 64.1 Å². The molecule has 1 fully saturated rings. The van der Waals surface area contributed by atoms with Gasteiger partial charge in [0.25, 0.3) is 0 Å². The molecule has 0 spiro atoms. The summed E-state index contributed by atoms with van der Waals surface area (Å²) < 4.78 is 34.9. The highest BCUT2D eigenvalue weighted by molar-refractivity contribution is 7.89. The minimum absolute atomic E-state index is 0.327. The van der Waals surface area contributed by atoms with E-state index >= 15 is 0 Å². The second-order valence-corrected chi connectivity index (χ2v) is 10.7. The maximum atomic E-state index is 13.2. The van der Waals surface area contributed by atoms with E-state index in [-0.39, 0.29) is 5.76 Å². The summed E-state index contributed by atoms with van der Waals surface area (Å²) in [6.07, 6.45) is 5.15. The number of rotatable bonds is 6. The Hall–Kier alpha value is -2.42. The molecule has 3 aromatic rings. The van der Waals surface area contributed by atoms with Gasteiger partial charge in [-0.1, -0.05) is 18.2 Å². The summed E-state index contributed by atoms with van der Waals surface area (Å²) in [5.74, 6) is -0.327. The molecule has 1 aliphatic heterocycles. The van der Waals surface area contributed by atoms with Crippen molar-refractivity contribution in [2.75, 3.05) is 32.7 Å². The van der Waals surface area contributed by atoms with Crippen LogP contribution in [-0.2, 0) is 29.4 Å². The fraction of sp³-hybridized carbons (Fsp3) is 0.458. The molecule has 8 heteroatoms. The first-order valence-corrected chi connectivity index (χ1v) is 12.9. The maximum Gasteiger partial charge on any atom is 0.419 e. The van der Waals surface area contributed by atoms with E-state index in [1.807, 2.05) is 30.3 Å². The molecular weight excluding hydrogens is 426 g/mol. The van der Waals surface area contributed by atoms with Gasteiger partial charge in [-0.15, -0.1) is 0 Å². The van der Waals surface area contributed by atoms with Crippen molar-refractivity contribution in [3.63, 3.8) is 0 Å². The molecule has 2 aromatic carbocycles. The lowest BCUT2D eigenvalue weighted by molar-refractivity contribution is 0.184. The molecule has 2 aliphatic rings. The SMILES string of the molecule is O=c1oc2ccccc2n1CCCN1CCN(S(=O)(=O)c2ccc3c(c2)CCCC3)CC1. The van der Waals surface area contributed by atoms with E-state index in [0.717, 1.165) is 37.7 Å². The summed E-state index contributed by atoms with van der Waals surface area (Å²) in [4.78, 5) is 14.8. The minimum Gasteiger partial charge on any atom is -0.408 e. The number of hydrogen-bond acceptors (Lipinski definition) is 5. The molecule has 170 valence electrons. The van der Waals surface area contributed by atoms with E-state index in [0.29, 0.717) is 43.2 Å². The van der Waals surface area contributed by atoms with E-state index < -0.39 is 10.0 Å². The number of nitrogens with zero attached hydrogens (tertiary/aromatic N) is 3. The van der Waals surface area contributed by atoms with Crippen molar-refractivity contribution in [1.29, 1.82) is 0 Å². The van der Waals surface area contributed by atoms with Crippen LogP contribution in [0.2, 0.25) is 0 Å². The molecule has 0 radical (unpaired) electrons. The molecule has 2 heterocycles. The number of sulfonamides is 1. The summed E-state index contributed by atoms with van der Waals surface area (Å²) in [5, 5.41) is 0. The third-order valence-corrected chi connectivity index (χ3v) is 8.61. The lowest BCUT2D eigenvalue weighted by Crippen LogP contribution is -2.48. The first kappa shape index (κ1) is 21.4. The molecule has 0 saturated carbocycles. The first-order chi connectivity index (χ1) is 15.5. The van der Waals surface area contributed by atoms with Crippen LogP contribution in [0.4, 0.5) is 0 Å². The average Bonchev–Trinajstić information content (AvgIpc) is 3.14.